The van der Waals surface area contributed by atoms with Crippen LogP contribution in [0, 0.1) is 17.6 Å². The van der Waals surface area contributed by atoms with Crippen molar-refractivity contribution in [2.75, 3.05) is 17.2 Å². The summed E-state index contributed by atoms with van der Waals surface area (Å²) in [6.07, 6.45) is 2.61. The smallest absolute Gasteiger partial charge is 0.274 e. The van der Waals surface area contributed by atoms with E-state index in [0.29, 0.717) is 5.92 Å². The predicted molar refractivity (Wildman–Crippen MR) is 86.5 cm³/mol. The highest BCUT2D eigenvalue weighted by Gasteiger charge is 2.09. The number of nitrogens with zero attached hydrogens (tertiary/aromatic N) is 1. The van der Waals surface area contributed by atoms with E-state index < -0.39 is 17.5 Å². The number of anilines is 2. The van der Waals surface area contributed by atoms with Gasteiger partial charge in [-0.05, 0) is 36.6 Å². The molecule has 1 amide bonds. The van der Waals surface area contributed by atoms with Crippen molar-refractivity contribution in [3.8, 4) is 0 Å². The fourth-order valence-electron chi connectivity index (χ4n) is 1.91. The van der Waals surface area contributed by atoms with Crippen LogP contribution >= 0.6 is 0 Å². The highest BCUT2D eigenvalue weighted by molar-refractivity contribution is 6.02. The molecule has 4 nitrogen and oxygen atoms in total. The number of carbonyl (C=O) groups is 1. The summed E-state index contributed by atoms with van der Waals surface area (Å²) in [4.78, 5) is 16.1. The Morgan fingerprint density at radius 2 is 1.87 bits per heavy atom. The van der Waals surface area contributed by atoms with Crippen molar-refractivity contribution in [2.45, 2.75) is 20.3 Å². The van der Waals surface area contributed by atoms with Gasteiger partial charge in [0.25, 0.3) is 5.91 Å². The van der Waals surface area contributed by atoms with E-state index >= 15 is 0 Å². The predicted octanol–water partition coefficient (Wildman–Crippen LogP) is 4.07. The number of pyridine rings is 1. The zero-order valence-corrected chi connectivity index (χ0v) is 13.1. The minimum absolute atomic E-state index is 0.176. The van der Waals surface area contributed by atoms with E-state index in [0.717, 1.165) is 30.8 Å². The van der Waals surface area contributed by atoms with Gasteiger partial charge in [0.2, 0.25) is 0 Å². The number of amides is 1. The number of nitrogens with one attached hydrogen (secondary N) is 2. The molecule has 0 aliphatic rings. The summed E-state index contributed by atoms with van der Waals surface area (Å²) in [5.74, 6) is -1.85. The normalized spacial score (nSPS) is 10.7. The number of hydrogen-bond donors (Lipinski definition) is 2. The third kappa shape index (κ3) is 5.02. The van der Waals surface area contributed by atoms with E-state index in [2.05, 4.69) is 29.5 Å². The maximum Gasteiger partial charge on any atom is 0.274 e. The molecule has 2 N–H and O–H groups in total. The van der Waals surface area contributed by atoms with Gasteiger partial charge in [0.15, 0.2) is 11.6 Å². The van der Waals surface area contributed by atoms with Crippen molar-refractivity contribution in [2.24, 2.45) is 5.92 Å². The molecule has 1 aromatic heterocycles. The lowest BCUT2D eigenvalue weighted by Crippen LogP contribution is -2.14. The first-order valence-corrected chi connectivity index (χ1v) is 7.42. The van der Waals surface area contributed by atoms with Gasteiger partial charge >= 0.3 is 0 Å². The van der Waals surface area contributed by atoms with E-state index in [4.69, 9.17) is 0 Å². The molecule has 6 heteroatoms. The molecule has 2 rings (SSSR count). The lowest BCUT2D eigenvalue weighted by atomic mass is 10.1. The van der Waals surface area contributed by atoms with Crippen LogP contribution in [0.3, 0.4) is 0 Å². The molecule has 0 radical (unpaired) electrons. The zero-order valence-electron chi connectivity index (χ0n) is 13.1. The molecule has 1 aromatic carbocycles. The second-order valence-electron chi connectivity index (χ2n) is 5.62. The fraction of sp³-hybridized carbons (Fsp3) is 0.294. The minimum Gasteiger partial charge on any atom is -0.384 e. The van der Waals surface area contributed by atoms with Gasteiger partial charge in [-0.1, -0.05) is 13.8 Å². The fourth-order valence-corrected chi connectivity index (χ4v) is 1.91. The molecule has 1 heterocycles. The van der Waals surface area contributed by atoms with Gasteiger partial charge in [0, 0.05) is 18.3 Å². The summed E-state index contributed by atoms with van der Waals surface area (Å²) in [5.41, 5.74) is 1.20. The van der Waals surface area contributed by atoms with Crippen LogP contribution in [0.5, 0.6) is 0 Å². The molecule has 0 unspecified atom stereocenters. The molecule has 0 aliphatic carbocycles. The molecular weight excluding hydrogens is 300 g/mol. The van der Waals surface area contributed by atoms with Gasteiger partial charge in [-0.2, -0.15) is 0 Å². The third-order valence-corrected chi connectivity index (χ3v) is 3.22. The van der Waals surface area contributed by atoms with Crippen molar-refractivity contribution in [3.05, 3.63) is 53.9 Å². The Morgan fingerprint density at radius 1 is 1.13 bits per heavy atom. The van der Waals surface area contributed by atoms with Crippen molar-refractivity contribution in [1.82, 2.24) is 4.98 Å². The molecule has 122 valence electrons. The van der Waals surface area contributed by atoms with Crippen LogP contribution in [-0.2, 0) is 0 Å². The molecule has 0 atom stereocenters. The maximum atomic E-state index is 13.1. The minimum atomic E-state index is -1.01. The molecule has 0 fully saturated rings. The molecular formula is C17H19F2N3O. The van der Waals surface area contributed by atoms with E-state index in [1.54, 1.807) is 18.3 Å². The summed E-state index contributed by atoms with van der Waals surface area (Å²) in [5, 5.41) is 5.70. The van der Waals surface area contributed by atoms with Crippen LogP contribution in [0.1, 0.15) is 30.8 Å². The van der Waals surface area contributed by atoms with Gasteiger partial charge in [0.05, 0.1) is 11.9 Å². The summed E-state index contributed by atoms with van der Waals surface area (Å²) < 4.78 is 26.0. The summed E-state index contributed by atoms with van der Waals surface area (Å²) in [6, 6.07) is 6.51. The van der Waals surface area contributed by atoms with Gasteiger partial charge < -0.3 is 10.6 Å². The number of rotatable bonds is 6. The van der Waals surface area contributed by atoms with Crippen LogP contribution in [-0.4, -0.2) is 17.4 Å². The molecule has 0 aliphatic heterocycles. The number of carbonyl (C=O) groups excluding carboxylic acids is 1. The summed E-state index contributed by atoms with van der Waals surface area (Å²) in [6.45, 7) is 5.12. The van der Waals surface area contributed by atoms with Gasteiger partial charge in [-0.25, -0.2) is 13.8 Å². The monoisotopic (exact) mass is 319 g/mol. The van der Waals surface area contributed by atoms with E-state index in [1.807, 2.05) is 0 Å². The zero-order chi connectivity index (χ0) is 16.8. The molecule has 0 spiro atoms. The Morgan fingerprint density at radius 3 is 2.48 bits per heavy atom. The lowest BCUT2D eigenvalue weighted by Gasteiger charge is -2.09. The second-order valence-corrected chi connectivity index (χ2v) is 5.62. The number of aromatic nitrogens is 1. The SMILES string of the molecule is CC(C)CCNc1ccc(C(=O)Nc2ccc(F)c(F)c2)nc1. The molecule has 23 heavy (non-hydrogen) atoms. The first-order valence-electron chi connectivity index (χ1n) is 7.42. The molecule has 0 bridgehead atoms. The van der Waals surface area contributed by atoms with Crippen molar-refractivity contribution >= 4 is 17.3 Å². The van der Waals surface area contributed by atoms with Crippen LogP contribution in [0.4, 0.5) is 20.2 Å². The van der Waals surface area contributed by atoms with Crippen LogP contribution in [0.15, 0.2) is 36.5 Å². The Bertz CT molecular complexity index is 672. The lowest BCUT2D eigenvalue weighted by molar-refractivity contribution is 0.102. The van der Waals surface area contributed by atoms with Crippen molar-refractivity contribution in [3.63, 3.8) is 0 Å². The first-order chi connectivity index (χ1) is 11.0. The Kier molecular flexibility index (Phi) is 5.62. The number of hydrogen-bond acceptors (Lipinski definition) is 3. The van der Waals surface area contributed by atoms with Crippen LogP contribution in [0.2, 0.25) is 0 Å². The molecule has 0 saturated heterocycles. The average molecular weight is 319 g/mol. The standard InChI is InChI=1S/C17H19F2N3O/c1-11(2)7-8-20-13-4-6-16(21-10-13)17(23)22-12-3-5-14(18)15(19)9-12/h3-6,9-11,20H,7-8H2,1-2H3,(H,22,23). The van der Waals surface area contributed by atoms with Crippen LogP contribution in [0.25, 0.3) is 0 Å². The van der Waals surface area contributed by atoms with Crippen LogP contribution < -0.4 is 10.6 Å². The van der Waals surface area contributed by atoms with Gasteiger partial charge in [-0.15, -0.1) is 0 Å². The Balaban J connectivity index is 1.95. The third-order valence-electron chi connectivity index (χ3n) is 3.22. The molecule has 0 saturated carbocycles. The first kappa shape index (κ1) is 16.9. The van der Waals surface area contributed by atoms with Gasteiger partial charge in [-0.3, -0.25) is 4.79 Å². The second kappa shape index (κ2) is 7.67. The summed E-state index contributed by atoms with van der Waals surface area (Å²) in [7, 11) is 0. The van der Waals surface area contributed by atoms with Gasteiger partial charge in [0.1, 0.15) is 5.69 Å². The maximum absolute atomic E-state index is 13.1. The summed E-state index contributed by atoms with van der Waals surface area (Å²) >= 11 is 0. The Labute approximate surface area is 133 Å². The highest BCUT2D eigenvalue weighted by Crippen LogP contribution is 2.14. The largest absolute Gasteiger partial charge is 0.384 e. The van der Waals surface area contributed by atoms with Crippen molar-refractivity contribution < 1.29 is 13.6 Å². The average Bonchev–Trinajstić information content (AvgIpc) is 2.51. The quantitative estimate of drug-likeness (QED) is 0.844. The number of benzene rings is 1. The van der Waals surface area contributed by atoms with E-state index in [9.17, 15) is 13.6 Å². The van der Waals surface area contributed by atoms with E-state index in [1.165, 1.54) is 6.07 Å². The Hall–Kier alpha value is -2.50. The molecule has 2 aromatic rings. The number of halogens is 2. The van der Waals surface area contributed by atoms with E-state index in [-0.39, 0.29) is 11.4 Å². The van der Waals surface area contributed by atoms with Crippen molar-refractivity contribution in [1.29, 1.82) is 0 Å². The topological polar surface area (TPSA) is 54.0 Å². The highest BCUT2D eigenvalue weighted by atomic mass is 19.2.